The SMILES string of the molecule is O=C(c1nnc(-c2cnc(Nc3ccc4ncsc4c3)cc2NC2CCOCC2)s1)N1CCC(O)C1. The molecule has 2 saturated heterocycles. The number of nitrogens with zero attached hydrogens (tertiary/aromatic N) is 5. The number of ether oxygens (including phenoxy) is 1. The molecule has 3 aromatic heterocycles. The van der Waals surface area contributed by atoms with Crippen molar-refractivity contribution in [3.63, 3.8) is 0 Å². The number of carbonyl (C=O) groups is 1. The molecule has 0 radical (unpaired) electrons. The molecule has 6 rings (SSSR count). The van der Waals surface area contributed by atoms with Gasteiger partial charge < -0.3 is 25.4 Å². The first-order valence-corrected chi connectivity index (χ1v) is 13.6. The van der Waals surface area contributed by atoms with E-state index >= 15 is 0 Å². The Labute approximate surface area is 215 Å². The van der Waals surface area contributed by atoms with Gasteiger partial charge in [-0.25, -0.2) is 9.97 Å². The number of likely N-dealkylation sites (tertiary alicyclic amines) is 1. The first kappa shape index (κ1) is 23.2. The number of aliphatic hydroxyl groups excluding tert-OH is 1. The lowest BCUT2D eigenvalue weighted by Gasteiger charge is -2.25. The molecular formula is C24H25N7O3S2. The van der Waals surface area contributed by atoms with Gasteiger partial charge in [-0.05, 0) is 37.5 Å². The van der Waals surface area contributed by atoms with E-state index in [0.29, 0.717) is 35.3 Å². The Hall–Kier alpha value is -3.19. The van der Waals surface area contributed by atoms with E-state index in [4.69, 9.17) is 4.74 Å². The maximum atomic E-state index is 12.8. The highest BCUT2D eigenvalue weighted by Crippen LogP contribution is 2.34. The number of carbonyl (C=O) groups excluding carboxylic acids is 1. The highest BCUT2D eigenvalue weighted by atomic mass is 32.1. The molecule has 2 aliphatic heterocycles. The molecule has 36 heavy (non-hydrogen) atoms. The number of amides is 1. The molecule has 0 spiro atoms. The zero-order chi connectivity index (χ0) is 24.5. The summed E-state index contributed by atoms with van der Waals surface area (Å²) < 4.78 is 6.63. The number of hydrogen-bond acceptors (Lipinski definition) is 11. The summed E-state index contributed by atoms with van der Waals surface area (Å²) in [6.45, 7) is 2.30. The highest BCUT2D eigenvalue weighted by molar-refractivity contribution is 7.17. The Kier molecular flexibility index (Phi) is 6.48. The highest BCUT2D eigenvalue weighted by Gasteiger charge is 2.28. The second-order valence-electron chi connectivity index (χ2n) is 8.91. The van der Waals surface area contributed by atoms with E-state index in [1.165, 1.54) is 11.3 Å². The molecule has 1 unspecified atom stereocenters. The van der Waals surface area contributed by atoms with Crippen LogP contribution in [0.4, 0.5) is 17.2 Å². The molecule has 0 saturated carbocycles. The molecule has 3 N–H and O–H groups in total. The van der Waals surface area contributed by atoms with E-state index in [-0.39, 0.29) is 11.9 Å². The van der Waals surface area contributed by atoms with Gasteiger partial charge in [0.1, 0.15) is 5.82 Å². The molecule has 2 fully saturated rings. The Bertz CT molecular complexity index is 1390. The van der Waals surface area contributed by atoms with Crippen molar-refractivity contribution in [1.29, 1.82) is 0 Å². The van der Waals surface area contributed by atoms with Gasteiger partial charge in [0.05, 0.1) is 27.4 Å². The van der Waals surface area contributed by atoms with Crippen LogP contribution in [0.25, 0.3) is 20.8 Å². The second-order valence-corrected chi connectivity index (χ2v) is 10.8. The quantitative estimate of drug-likeness (QED) is 0.346. The second kappa shape index (κ2) is 10.1. The fourth-order valence-electron chi connectivity index (χ4n) is 4.44. The molecule has 12 heteroatoms. The number of fused-ring (bicyclic) bond motifs is 1. The van der Waals surface area contributed by atoms with E-state index in [2.05, 4.69) is 36.9 Å². The van der Waals surface area contributed by atoms with Gasteiger partial charge in [0, 0.05) is 56.0 Å². The maximum absolute atomic E-state index is 12.8. The van der Waals surface area contributed by atoms with Crippen molar-refractivity contribution in [2.24, 2.45) is 0 Å². The molecule has 0 bridgehead atoms. The molecule has 0 aliphatic carbocycles. The summed E-state index contributed by atoms with van der Waals surface area (Å²) in [5.41, 5.74) is 5.42. The minimum Gasteiger partial charge on any atom is -0.391 e. The molecule has 2 aliphatic rings. The van der Waals surface area contributed by atoms with Crippen LogP contribution < -0.4 is 10.6 Å². The van der Waals surface area contributed by atoms with Crippen molar-refractivity contribution < 1.29 is 14.6 Å². The molecule has 10 nitrogen and oxygen atoms in total. The summed E-state index contributed by atoms with van der Waals surface area (Å²) in [6.07, 6.45) is 3.69. The van der Waals surface area contributed by atoms with Crippen LogP contribution in [-0.4, -0.2) is 74.5 Å². The van der Waals surface area contributed by atoms with Crippen LogP contribution in [0.15, 0.2) is 36.0 Å². The van der Waals surface area contributed by atoms with Crippen LogP contribution in [0.2, 0.25) is 0 Å². The lowest BCUT2D eigenvalue weighted by molar-refractivity contribution is 0.0763. The summed E-state index contributed by atoms with van der Waals surface area (Å²) in [4.78, 5) is 23.4. The lowest BCUT2D eigenvalue weighted by Crippen LogP contribution is -2.29. The number of hydrogen-bond donors (Lipinski definition) is 3. The van der Waals surface area contributed by atoms with Crippen LogP contribution in [0, 0.1) is 0 Å². The minimum absolute atomic E-state index is 0.195. The number of thiazole rings is 1. The summed E-state index contributed by atoms with van der Waals surface area (Å²) in [5.74, 6) is 0.503. The predicted molar refractivity (Wildman–Crippen MR) is 140 cm³/mol. The summed E-state index contributed by atoms with van der Waals surface area (Å²) in [7, 11) is 0. The average Bonchev–Trinajstić information content (AvgIpc) is 3.65. The van der Waals surface area contributed by atoms with Gasteiger partial charge in [0.2, 0.25) is 5.01 Å². The number of benzene rings is 1. The molecular weight excluding hydrogens is 498 g/mol. The van der Waals surface area contributed by atoms with E-state index in [1.54, 1.807) is 22.4 Å². The number of rotatable bonds is 6. The van der Waals surface area contributed by atoms with Gasteiger partial charge in [-0.1, -0.05) is 11.3 Å². The van der Waals surface area contributed by atoms with Crippen LogP contribution in [-0.2, 0) is 4.74 Å². The predicted octanol–water partition coefficient (Wildman–Crippen LogP) is 3.75. The van der Waals surface area contributed by atoms with Gasteiger partial charge in [0.25, 0.3) is 5.91 Å². The molecule has 5 heterocycles. The van der Waals surface area contributed by atoms with E-state index < -0.39 is 6.10 Å². The minimum atomic E-state index is -0.474. The van der Waals surface area contributed by atoms with Crippen LogP contribution >= 0.6 is 22.7 Å². The maximum Gasteiger partial charge on any atom is 0.284 e. The number of β-amino-alcohol motifs (C(OH)–C–C–N with tert-alkyl or cyclic N) is 1. The summed E-state index contributed by atoms with van der Waals surface area (Å²) in [6, 6.07) is 8.28. The topological polar surface area (TPSA) is 125 Å². The summed E-state index contributed by atoms with van der Waals surface area (Å²) in [5, 5.41) is 26.2. The van der Waals surface area contributed by atoms with Crippen molar-refractivity contribution in [1.82, 2.24) is 25.1 Å². The Morgan fingerprint density at radius 1 is 1.14 bits per heavy atom. The zero-order valence-electron chi connectivity index (χ0n) is 19.4. The van der Waals surface area contributed by atoms with Gasteiger partial charge in [-0.15, -0.1) is 21.5 Å². The Morgan fingerprint density at radius 3 is 2.86 bits per heavy atom. The van der Waals surface area contributed by atoms with Gasteiger partial charge in [0.15, 0.2) is 5.01 Å². The fraction of sp³-hybridized carbons (Fsp3) is 0.375. The van der Waals surface area contributed by atoms with Crippen molar-refractivity contribution in [2.45, 2.75) is 31.4 Å². The fourth-order valence-corrected chi connectivity index (χ4v) is 5.99. The Morgan fingerprint density at radius 2 is 2.03 bits per heavy atom. The normalized spacial score (nSPS) is 18.6. The molecule has 1 amide bonds. The van der Waals surface area contributed by atoms with E-state index in [0.717, 1.165) is 53.2 Å². The Balaban J connectivity index is 1.28. The number of aromatic nitrogens is 4. The molecule has 186 valence electrons. The van der Waals surface area contributed by atoms with E-state index in [1.807, 2.05) is 23.7 Å². The number of anilines is 3. The van der Waals surface area contributed by atoms with Crippen molar-refractivity contribution in [2.75, 3.05) is 36.9 Å². The van der Waals surface area contributed by atoms with Gasteiger partial charge in [-0.2, -0.15) is 0 Å². The number of pyridine rings is 1. The van der Waals surface area contributed by atoms with Gasteiger partial charge in [-0.3, -0.25) is 4.79 Å². The smallest absolute Gasteiger partial charge is 0.284 e. The number of aliphatic hydroxyl groups is 1. The van der Waals surface area contributed by atoms with Crippen molar-refractivity contribution >= 4 is 56.0 Å². The third kappa shape index (κ3) is 4.89. The third-order valence-electron chi connectivity index (χ3n) is 6.38. The van der Waals surface area contributed by atoms with Crippen LogP contribution in [0.1, 0.15) is 29.1 Å². The first-order valence-electron chi connectivity index (χ1n) is 11.9. The van der Waals surface area contributed by atoms with Crippen LogP contribution in [0.5, 0.6) is 0 Å². The van der Waals surface area contributed by atoms with E-state index in [9.17, 15) is 9.90 Å². The summed E-state index contributed by atoms with van der Waals surface area (Å²) >= 11 is 2.84. The third-order valence-corrected chi connectivity index (χ3v) is 8.11. The average molecular weight is 524 g/mol. The number of nitrogens with one attached hydrogen (secondary N) is 2. The van der Waals surface area contributed by atoms with Gasteiger partial charge >= 0.3 is 0 Å². The standard InChI is InChI=1S/C24H25N7O3S2/c32-16-3-6-31(12-16)24(33)23-30-29-22(36-23)17-11-25-21(10-19(17)27-14-4-7-34-8-5-14)28-15-1-2-18-20(9-15)35-13-26-18/h1-2,9-11,13-14,16,32H,3-8,12H2,(H2,25,27,28). The lowest BCUT2D eigenvalue weighted by atomic mass is 10.1. The monoisotopic (exact) mass is 523 g/mol. The largest absolute Gasteiger partial charge is 0.391 e. The zero-order valence-corrected chi connectivity index (χ0v) is 21.0. The van der Waals surface area contributed by atoms with Crippen molar-refractivity contribution in [3.05, 3.63) is 41.0 Å². The van der Waals surface area contributed by atoms with Crippen molar-refractivity contribution in [3.8, 4) is 10.6 Å². The molecule has 1 atom stereocenters. The first-order chi connectivity index (χ1) is 17.6. The molecule has 4 aromatic rings. The molecule has 1 aromatic carbocycles. The van der Waals surface area contributed by atoms with Crippen LogP contribution in [0.3, 0.4) is 0 Å².